The lowest BCUT2D eigenvalue weighted by molar-refractivity contribution is 0.229. The number of nitrogens with zero attached hydrogens (tertiary/aromatic N) is 1. The molecular formula is C9H21N3O2S. The summed E-state index contributed by atoms with van der Waals surface area (Å²) in [6.45, 7) is 2.69. The van der Waals surface area contributed by atoms with Crippen molar-refractivity contribution in [3.63, 3.8) is 0 Å². The Kier molecular flexibility index (Phi) is 4.98. The first-order valence-electron chi connectivity index (χ1n) is 5.36. The first-order chi connectivity index (χ1) is 7.03. The maximum absolute atomic E-state index is 11.1. The predicted molar refractivity (Wildman–Crippen MR) is 61.4 cm³/mol. The van der Waals surface area contributed by atoms with E-state index in [0.29, 0.717) is 12.6 Å². The van der Waals surface area contributed by atoms with Gasteiger partial charge in [0.05, 0.1) is 5.75 Å². The summed E-state index contributed by atoms with van der Waals surface area (Å²) >= 11 is 0. The number of nitrogens with one attached hydrogen (secondary N) is 2. The monoisotopic (exact) mass is 235 g/mol. The number of hydrogen-bond donors (Lipinski definition) is 2. The molecule has 0 saturated carbocycles. The van der Waals surface area contributed by atoms with E-state index in [4.69, 9.17) is 0 Å². The Morgan fingerprint density at radius 2 is 2.20 bits per heavy atom. The first-order valence-corrected chi connectivity index (χ1v) is 7.02. The predicted octanol–water partition coefficient (Wildman–Crippen LogP) is -0.781. The molecule has 1 fully saturated rings. The van der Waals surface area contributed by atoms with Crippen LogP contribution in [0.25, 0.3) is 0 Å². The Morgan fingerprint density at radius 3 is 2.80 bits per heavy atom. The van der Waals surface area contributed by atoms with Crippen molar-refractivity contribution in [1.82, 2.24) is 14.9 Å². The minimum Gasteiger partial charge on any atom is -0.312 e. The van der Waals surface area contributed by atoms with Gasteiger partial charge in [-0.3, -0.25) is 0 Å². The van der Waals surface area contributed by atoms with E-state index in [1.807, 2.05) is 0 Å². The molecule has 2 N–H and O–H groups in total. The minimum absolute atomic E-state index is 0.156. The standard InChI is InChI=1S/C9H21N3O2S/c1-10-15(13,14)7-5-11-9-4-3-6-12(2)8-9/h9-11H,3-8H2,1-2H3. The summed E-state index contributed by atoms with van der Waals surface area (Å²) in [5, 5.41) is 3.28. The van der Waals surface area contributed by atoms with Crippen LogP contribution in [0.3, 0.4) is 0 Å². The van der Waals surface area contributed by atoms with Crippen molar-refractivity contribution in [3.05, 3.63) is 0 Å². The second-order valence-corrected chi connectivity index (χ2v) is 6.12. The van der Waals surface area contributed by atoms with Crippen LogP contribution < -0.4 is 10.0 Å². The van der Waals surface area contributed by atoms with E-state index in [1.54, 1.807) is 0 Å². The first kappa shape index (κ1) is 12.9. The van der Waals surface area contributed by atoms with Crippen LogP contribution >= 0.6 is 0 Å². The number of hydrogen-bond acceptors (Lipinski definition) is 4. The molecule has 1 aliphatic heterocycles. The van der Waals surface area contributed by atoms with Crippen molar-refractivity contribution in [1.29, 1.82) is 0 Å². The number of likely N-dealkylation sites (tertiary alicyclic amines) is 1. The Labute approximate surface area is 92.3 Å². The SMILES string of the molecule is CNS(=O)(=O)CCNC1CCCN(C)C1. The smallest absolute Gasteiger partial charge is 0.212 e. The molecule has 1 rings (SSSR count). The highest BCUT2D eigenvalue weighted by Crippen LogP contribution is 2.07. The minimum atomic E-state index is -3.06. The molecule has 0 aromatic carbocycles. The second-order valence-electron chi connectivity index (χ2n) is 4.08. The van der Waals surface area contributed by atoms with Gasteiger partial charge in [-0.25, -0.2) is 13.1 Å². The van der Waals surface area contributed by atoms with Gasteiger partial charge in [0, 0.05) is 19.1 Å². The zero-order valence-electron chi connectivity index (χ0n) is 9.49. The Hall–Kier alpha value is -0.170. The van der Waals surface area contributed by atoms with E-state index in [1.165, 1.54) is 13.5 Å². The van der Waals surface area contributed by atoms with Gasteiger partial charge in [0.25, 0.3) is 0 Å². The fourth-order valence-electron chi connectivity index (χ4n) is 1.83. The number of piperidine rings is 1. The molecule has 0 spiro atoms. The average molecular weight is 235 g/mol. The second kappa shape index (κ2) is 5.79. The van der Waals surface area contributed by atoms with Gasteiger partial charge in [0.2, 0.25) is 10.0 Å². The highest BCUT2D eigenvalue weighted by atomic mass is 32.2. The van der Waals surface area contributed by atoms with Gasteiger partial charge in [-0.2, -0.15) is 0 Å². The number of sulfonamides is 1. The van der Waals surface area contributed by atoms with Crippen molar-refractivity contribution in [3.8, 4) is 0 Å². The van der Waals surface area contributed by atoms with Gasteiger partial charge in [0.1, 0.15) is 0 Å². The van der Waals surface area contributed by atoms with Crippen LogP contribution in [0.15, 0.2) is 0 Å². The summed E-state index contributed by atoms with van der Waals surface area (Å²) in [7, 11) is 0.484. The molecular weight excluding hydrogens is 214 g/mol. The molecule has 6 heteroatoms. The van der Waals surface area contributed by atoms with Crippen LogP contribution in [0, 0.1) is 0 Å². The topological polar surface area (TPSA) is 61.4 Å². The zero-order valence-corrected chi connectivity index (χ0v) is 10.3. The highest BCUT2D eigenvalue weighted by Gasteiger charge is 2.16. The van der Waals surface area contributed by atoms with Gasteiger partial charge >= 0.3 is 0 Å². The quantitative estimate of drug-likeness (QED) is 0.656. The van der Waals surface area contributed by atoms with E-state index in [2.05, 4.69) is 22.0 Å². The van der Waals surface area contributed by atoms with Crippen molar-refractivity contribution >= 4 is 10.0 Å². The largest absolute Gasteiger partial charge is 0.312 e. The van der Waals surface area contributed by atoms with Crippen molar-refractivity contribution in [2.75, 3.05) is 39.5 Å². The summed E-state index contributed by atoms with van der Waals surface area (Å²) in [4.78, 5) is 2.27. The lowest BCUT2D eigenvalue weighted by Gasteiger charge is -2.30. The third-order valence-corrected chi connectivity index (χ3v) is 4.10. The van der Waals surface area contributed by atoms with Crippen LogP contribution in [-0.2, 0) is 10.0 Å². The molecule has 5 nitrogen and oxygen atoms in total. The molecule has 1 atom stereocenters. The van der Waals surface area contributed by atoms with E-state index < -0.39 is 10.0 Å². The van der Waals surface area contributed by atoms with Crippen LogP contribution in [0.4, 0.5) is 0 Å². The van der Waals surface area contributed by atoms with Gasteiger partial charge in [0.15, 0.2) is 0 Å². The number of likely N-dealkylation sites (N-methyl/N-ethyl adjacent to an activating group) is 1. The van der Waals surface area contributed by atoms with Crippen molar-refractivity contribution < 1.29 is 8.42 Å². The Bertz CT molecular complexity index is 279. The summed E-state index contributed by atoms with van der Waals surface area (Å²) in [6.07, 6.45) is 2.33. The normalized spacial score (nSPS) is 24.3. The van der Waals surface area contributed by atoms with Crippen LogP contribution in [0.1, 0.15) is 12.8 Å². The van der Waals surface area contributed by atoms with Crippen LogP contribution in [0.2, 0.25) is 0 Å². The van der Waals surface area contributed by atoms with E-state index >= 15 is 0 Å². The third-order valence-electron chi connectivity index (χ3n) is 2.74. The van der Waals surface area contributed by atoms with Crippen LogP contribution in [-0.4, -0.2) is 58.8 Å². The molecule has 1 aliphatic rings. The van der Waals surface area contributed by atoms with Gasteiger partial charge < -0.3 is 10.2 Å². The summed E-state index contributed by atoms with van der Waals surface area (Å²) in [5.74, 6) is 0.156. The lowest BCUT2D eigenvalue weighted by atomic mass is 10.1. The van der Waals surface area contributed by atoms with Gasteiger partial charge in [-0.1, -0.05) is 0 Å². The van der Waals surface area contributed by atoms with E-state index in [9.17, 15) is 8.42 Å². The maximum atomic E-state index is 11.1. The fourth-order valence-corrected chi connectivity index (χ4v) is 2.42. The summed E-state index contributed by atoms with van der Waals surface area (Å²) < 4.78 is 24.6. The zero-order chi connectivity index (χ0) is 11.3. The summed E-state index contributed by atoms with van der Waals surface area (Å²) in [6, 6.07) is 0.441. The van der Waals surface area contributed by atoms with E-state index in [0.717, 1.165) is 19.5 Å². The molecule has 90 valence electrons. The van der Waals surface area contributed by atoms with Crippen LogP contribution in [0.5, 0.6) is 0 Å². The molecule has 0 amide bonds. The van der Waals surface area contributed by atoms with E-state index in [-0.39, 0.29) is 5.75 Å². The third kappa shape index (κ3) is 4.92. The fraction of sp³-hybridized carbons (Fsp3) is 1.00. The molecule has 0 aromatic heterocycles. The molecule has 1 saturated heterocycles. The number of rotatable bonds is 5. The maximum Gasteiger partial charge on any atom is 0.212 e. The summed E-state index contributed by atoms with van der Waals surface area (Å²) in [5.41, 5.74) is 0. The molecule has 15 heavy (non-hydrogen) atoms. The Morgan fingerprint density at radius 1 is 1.47 bits per heavy atom. The average Bonchev–Trinajstić information content (AvgIpc) is 2.18. The van der Waals surface area contributed by atoms with Crippen molar-refractivity contribution in [2.24, 2.45) is 0 Å². The molecule has 0 radical (unpaired) electrons. The lowest BCUT2D eigenvalue weighted by Crippen LogP contribution is -2.45. The molecule has 0 aliphatic carbocycles. The van der Waals surface area contributed by atoms with Crippen molar-refractivity contribution in [2.45, 2.75) is 18.9 Å². The Balaban J connectivity index is 2.20. The molecule has 0 aromatic rings. The molecule has 1 unspecified atom stereocenters. The molecule has 1 heterocycles. The highest BCUT2D eigenvalue weighted by molar-refractivity contribution is 7.89. The molecule has 0 bridgehead atoms. The van der Waals surface area contributed by atoms with Gasteiger partial charge in [-0.05, 0) is 33.5 Å². The van der Waals surface area contributed by atoms with Gasteiger partial charge in [-0.15, -0.1) is 0 Å².